The Kier molecular flexibility index (Phi) is 6.08. The molecular weight excluding hydrogens is 326 g/mol. The van der Waals surface area contributed by atoms with Crippen LogP contribution in [0.3, 0.4) is 0 Å². The molecule has 26 heavy (non-hydrogen) atoms. The van der Waals surface area contributed by atoms with Crippen LogP contribution >= 0.6 is 0 Å². The molecule has 1 heterocycles. The molecule has 1 saturated heterocycles. The van der Waals surface area contributed by atoms with Gasteiger partial charge in [0, 0.05) is 31.8 Å². The molecule has 136 valence electrons. The zero-order valence-electron chi connectivity index (χ0n) is 15.4. The fourth-order valence-corrected chi connectivity index (χ4v) is 2.81. The first kappa shape index (κ1) is 18.2. The summed E-state index contributed by atoms with van der Waals surface area (Å²) >= 11 is 0. The van der Waals surface area contributed by atoms with Crippen molar-refractivity contribution in [3.05, 3.63) is 65.7 Å². The second-order valence-corrected chi connectivity index (χ2v) is 6.62. The van der Waals surface area contributed by atoms with Gasteiger partial charge in [-0.1, -0.05) is 18.2 Å². The fraction of sp³-hybridized carbons (Fsp3) is 0.318. The molecule has 2 aromatic carbocycles. The summed E-state index contributed by atoms with van der Waals surface area (Å²) in [4.78, 5) is 14.4. The van der Waals surface area contributed by atoms with E-state index in [1.807, 2.05) is 61.5 Å². The molecular formula is C22H25NO3. The number of nitrogens with zero attached hydrogens (tertiary/aromatic N) is 1. The summed E-state index contributed by atoms with van der Waals surface area (Å²) in [7, 11) is 4.00. The van der Waals surface area contributed by atoms with Crippen LogP contribution in [0.2, 0.25) is 0 Å². The molecule has 0 amide bonds. The van der Waals surface area contributed by atoms with Gasteiger partial charge in [-0.05, 0) is 60.9 Å². The average Bonchev–Trinajstić information content (AvgIpc) is 2.68. The lowest BCUT2D eigenvalue weighted by atomic mass is 10.1. The van der Waals surface area contributed by atoms with Crippen LogP contribution < -0.4 is 9.64 Å². The van der Waals surface area contributed by atoms with Crippen LogP contribution in [0.5, 0.6) is 5.75 Å². The number of anilines is 1. The van der Waals surface area contributed by atoms with Crippen LogP contribution in [-0.4, -0.2) is 32.8 Å². The molecule has 1 unspecified atom stereocenters. The highest BCUT2D eigenvalue weighted by Gasteiger charge is 2.15. The molecule has 0 aliphatic carbocycles. The monoisotopic (exact) mass is 351 g/mol. The summed E-state index contributed by atoms with van der Waals surface area (Å²) in [6.07, 6.45) is 6.40. The van der Waals surface area contributed by atoms with Crippen molar-refractivity contribution in [2.24, 2.45) is 0 Å². The molecule has 4 nitrogen and oxygen atoms in total. The Hall–Kier alpha value is -2.59. The Balaban J connectivity index is 1.58. The minimum atomic E-state index is -0.171. The number of allylic oxidation sites excluding steroid dienone is 1. The highest BCUT2D eigenvalue weighted by Crippen LogP contribution is 2.20. The van der Waals surface area contributed by atoms with E-state index in [1.54, 1.807) is 18.2 Å². The first-order chi connectivity index (χ1) is 12.6. The van der Waals surface area contributed by atoms with Crippen molar-refractivity contribution in [3.8, 4) is 5.75 Å². The van der Waals surface area contributed by atoms with Gasteiger partial charge in [0.25, 0.3) is 0 Å². The van der Waals surface area contributed by atoms with Crippen LogP contribution in [0, 0.1) is 0 Å². The van der Waals surface area contributed by atoms with Gasteiger partial charge in [0.2, 0.25) is 0 Å². The van der Waals surface area contributed by atoms with Crippen molar-refractivity contribution < 1.29 is 14.3 Å². The molecule has 1 atom stereocenters. The Labute approximate surface area is 155 Å². The van der Waals surface area contributed by atoms with E-state index in [-0.39, 0.29) is 12.1 Å². The molecule has 0 spiro atoms. The standard InChI is InChI=1S/C22H25NO3/c1-23(2)19-11-6-17(7-12-19)8-15-21(24)18-9-13-20(14-10-18)26-22-5-3-4-16-25-22/h6-15,22H,3-5,16H2,1-2H3. The van der Waals surface area contributed by atoms with Crippen LogP contribution in [0.4, 0.5) is 5.69 Å². The second kappa shape index (κ2) is 8.68. The van der Waals surface area contributed by atoms with Crippen LogP contribution in [0.15, 0.2) is 54.6 Å². The predicted octanol–water partition coefficient (Wildman–Crippen LogP) is 4.55. The smallest absolute Gasteiger partial charge is 0.199 e. The summed E-state index contributed by atoms with van der Waals surface area (Å²) in [5.74, 6) is 0.707. The quantitative estimate of drug-likeness (QED) is 0.565. The number of carbonyl (C=O) groups excluding carboxylic acids is 1. The summed E-state index contributed by atoms with van der Waals surface area (Å²) < 4.78 is 11.4. The van der Waals surface area contributed by atoms with Gasteiger partial charge in [0.05, 0.1) is 6.61 Å². The SMILES string of the molecule is CN(C)c1ccc(C=CC(=O)c2ccc(OC3CCCCO3)cc2)cc1. The lowest BCUT2D eigenvalue weighted by Crippen LogP contribution is -2.24. The van der Waals surface area contributed by atoms with E-state index >= 15 is 0 Å². The van der Waals surface area contributed by atoms with Crippen molar-refractivity contribution in [1.82, 2.24) is 0 Å². The van der Waals surface area contributed by atoms with Crippen LogP contribution in [-0.2, 0) is 4.74 Å². The second-order valence-electron chi connectivity index (χ2n) is 6.62. The summed E-state index contributed by atoms with van der Waals surface area (Å²) in [6.45, 7) is 0.752. The van der Waals surface area contributed by atoms with Gasteiger partial charge in [0.15, 0.2) is 12.1 Å². The fourth-order valence-electron chi connectivity index (χ4n) is 2.81. The van der Waals surface area contributed by atoms with Gasteiger partial charge < -0.3 is 14.4 Å². The highest BCUT2D eigenvalue weighted by molar-refractivity contribution is 6.06. The van der Waals surface area contributed by atoms with Crippen molar-refractivity contribution in [2.75, 3.05) is 25.6 Å². The van der Waals surface area contributed by atoms with Gasteiger partial charge in [-0.15, -0.1) is 0 Å². The molecule has 1 fully saturated rings. The van der Waals surface area contributed by atoms with Crippen LogP contribution in [0.1, 0.15) is 35.2 Å². The lowest BCUT2D eigenvalue weighted by molar-refractivity contribution is -0.105. The van der Waals surface area contributed by atoms with Gasteiger partial charge in [-0.3, -0.25) is 4.79 Å². The third-order valence-corrected chi connectivity index (χ3v) is 4.38. The van der Waals surface area contributed by atoms with E-state index in [4.69, 9.17) is 9.47 Å². The third kappa shape index (κ3) is 4.96. The minimum Gasteiger partial charge on any atom is -0.465 e. The number of carbonyl (C=O) groups is 1. The van der Waals surface area contributed by atoms with E-state index in [0.29, 0.717) is 5.56 Å². The highest BCUT2D eigenvalue weighted by atomic mass is 16.7. The van der Waals surface area contributed by atoms with Crippen molar-refractivity contribution in [3.63, 3.8) is 0 Å². The van der Waals surface area contributed by atoms with Gasteiger partial charge in [-0.2, -0.15) is 0 Å². The van der Waals surface area contributed by atoms with E-state index < -0.39 is 0 Å². The Morgan fingerprint density at radius 1 is 1.08 bits per heavy atom. The molecule has 1 aliphatic heterocycles. The van der Waals surface area contributed by atoms with E-state index in [0.717, 1.165) is 42.9 Å². The number of rotatable bonds is 6. The largest absolute Gasteiger partial charge is 0.465 e. The van der Waals surface area contributed by atoms with Gasteiger partial charge in [-0.25, -0.2) is 0 Å². The number of ketones is 1. The molecule has 4 heteroatoms. The lowest BCUT2D eigenvalue weighted by Gasteiger charge is -2.23. The van der Waals surface area contributed by atoms with Crippen molar-refractivity contribution >= 4 is 17.5 Å². The number of benzene rings is 2. The van der Waals surface area contributed by atoms with Gasteiger partial charge in [0.1, 0.15) is 5.75 Å². The van der Waals surface area contributed by atoms with E-state index in [9.17, 15) is 4.79 Å². The zero-order valence-corrected chi connectivity index (χ0v) is 15.4. The molecule has 0 radical (unpaired) electrons. The first-order valence-electron chi connectivity index (χ1n) is 9.00. The van der Waals surface area contributed by atoms with Crippen LogP contribution in [0.25, 0.3) is 6.08 Å². The minimum absolute atomic E-state index is 0.0258. The Morgan fingerprint density at radius 2 is 1.81 bits per heavy atom. The van der Waals surface area contributed by atoms with E-state index in [1.165, 1.54) is 0 Å². The van der Waals surface area contributed by atoms with Crippen molar-refractivity contribution in [1.29, 1.82) is 0 Å². The molecule has 1 aliphatic rings. The maximum Gasteiger partial charge on any atom is 0.199 e. The number of hydrogen-bond donors (Lipinski definition) is 0. The zero-order chi connectivity index (χ0) is 18.4. The van der Waals surface area contributed by atoms with Gasteiger partial charge >= 0.3 is 0 Å². The Morgan fingerprint density at radius 3 is 2.42 bits per heavy atom. The molecule has 2 aromatic rings. The summed E-state index contributed by atoms with van der Waals surface area (Å²) in [5, 5.41) is 0. The maximum absolute atomic E-state index is 12.3. The molecule has 0 aromatic heterocycles. The molecule has 3 rings (SSSR count). The number of ether oxygens (including phenoxy) is 2. The summed E-state index contributed by atoms with van der Waals surface area (Å²) in [5.41, 5.74) is 2.77. The normalized spacial score (nSPS) is 17.2. The third-order valence-electron chi connectivity index (χ3n) is 4.38. The average molecular weight is 351 g/mol. The maximum atomic E-state index is 12.3. The van der Waals surface area contributed by atoms with E-state index in [2.05, 4.69) is 0 Å². The first-order valence-corrected chi connectivity index (χ1v) is 9.00. The molecule has 0 N–H and O–H groups in total. The molecule has 0 saturated carbocycles. The topological polar surface area (TPSA) is 38.8 Å². The summed E-state index contributed by atoms with van der Waals surface area (Å²) in [6, 6.07) is 15.3. The van der Waals surface area contributed by atoms with Crippen molar-refractivity contribution in [2.45, 2.75) is 25.6 Å². The predicted molar refractivity (Wildman–Crippen MR) is 105 cm³/mol. The Bertz CT molecular complexity index is 742. The molecule has 0 bridgehead atoms. The number of hydrogen-bond acceptors (Lipinski definition) is 4.